The molecule has 0 saturated carbocycles. The summed E-state index contributed by atoms with van der Waals surface area (Å²) in [6.45, 7) is 13.9. The summed E-state index contributed by atoms with van der Waals surface area (Å²) in [6.07, 6.45) is 1.08. The number of hydrogen-bond acceptors (Lipinski definition) is 1. The van der Waals surface area contributed by atoms with Crippen LogP contribution in [0.15, 0.2) is 35.7 Å². The first-order chi connectivity index (χ1) is 8.49. The quantitative estimate of drug-likeness (QED) is 0.619. The average molecular weight is 255 g/mol. The van der Waals surface area contributed by atoms with E-state index in [1.165, 1.54) is 5.56 Å². The van der Waals surface area contributed by atoms with Crippen molar-refractivity contribution in [3.05, 3.63) is 52.7 Å². The molecule has 0 aliphatic carbocycles. The molecule has 0 unspecified atom stereocenters. The largest absolute Gasteiger partial charge is 0.237 e. The van der Waals surface area contributed by atoms with Gasteiger partial charge in [-0.05, 0) is 34.4 Å². The smallest absolute Gasteiger partial charge is 0.205 e. The van der Waals surface area contributed by atoms with E-state index in [1.807, 2.05) is 11.4 Å². The van der Waals surface area contributed by atoms with Crippen molar-refractivity contribution in [3.63, 3.8) is 0 Å². The van der Waals surface area contributed by atoms with E-state index < -0.39 is 0 Å². The lowest BCUT2D eigenvalue weighted by atomic mass is 9.88. The minimum atomic E-state index is 0.312. The van der Waals surface area contributed by atoms with Crippen molar-refractivity contribution in [2.24, 2.45) is 5.41 Å². The fraction of sp³-hybridized carbons (Fsp3) is 0.312. The van der Waals surface area contributed by atoms with Crippen LogP contribution in [-0.4, -0.2) is 0 Å². The molecule has 0 N–H and O–H groups in total. The van der Waals surface area contributed by atoms with Crippen LogP contribution in [0.5, 0.6) is 0 Å². The van der Waals surface area contributed by atoms with Crippen LogP contribution in [0.25, 0.3) is 15.3 Å². The fourth-order valence-electron chi connectivity index (χ4n) is 1.99. The summed E-state index contributed by atoms with van der Waals surface area (Å²) in [5, 5.41) is 1.98. The maximum atomic E-state index is 7.14. The number of thiophene rings is 1. The van der Waals surface area contributed by atoms with Crippen molar-refractivity contribution < 1.29 is 0 Å². The Balaban J connectivity index is 2.26. The van der Waals surface area contributed by atoms with Gasteiger partial charge in [-0.1, -0.05) is 45.0 Å². The molecule has 0 amide bonds. The van der Waals surface area contributed by atoms with Gasteiger partial charge in [0.1, 0.15) is 0 Å². The number of rotatable bonds is 2. The van der Waals surface area contributed by atoms with Gasteiger partial charge in [-0.2, -0.15) is 11.3 Å². The molecule has 1 nitrogen and oxygen atoms in total. The maximum Gasteiger partial charge on any atom is 0.205 e. The van der Waals surface area contributed by atoms with E-state index in [1.54, 1.807) is 11.3 Å². The van der Waals surface area contributed by atoms with Gasteiger partial charge in [0.05, 0.1) is 6.57 Å². The van der Waals surface area contributed by atoms with E-state index in [0.29, 0.717) is 5.41 Å². The Morgan fingerprint density at radius 2 is 1.78 bits per heavy atom. The zero-order valence-corrected chi connectivity index (χ0v) is 11.8. The third kappa shape index (κ3) is 3.00. The van der Waals surface area contributed by atoms with Crippen LogP contribution < -0.4 is 0 Å². The summed E-state index contributed by atoms with van der Waals surface area (Å²) in [6, 6.07) is 10.5. The van der Waals surface area contributed by atoms with Gasteiger partial charge >= 0.3 is 0 Å². The zero-order chi connectivity index (χ0) is 13.2. The predicted molar refractivity (Wildman–Crippen MR) is 79.2 cm³/mol. The second kappa shape index (κ2) is 4.96. The Hall–Kier alpha value is -1.59. The molecule has 18 heavy (non-hydrogen) atoms. The minimum absolute atomic E-state index is 0.312. The Kier molecular flexibility index (Phi) is 3.54. The van der Waals surface area contributed by atoms with Gasteiger partial charge in [0.15, 0.2) is 0 Å². The molecule has 0 fully saturated rings. The van der Waals surface area contributed by atoms with Crippen LogP contribution >= 0.6 is 11.3 Å². The van der Waals surface area contributed by atoms with Crippen molar-refractivity contribution in [3.8, 4) is 10.4 Å². The highest BCUT2D eigenvalue weighted by molar-refractivity contribution is 7.14. The van der Waals surface area contributed by atoms with Gasteiger partial charge in [0.25, 0.3) is 0 Å². The Morgan fingerprint density at radius 1 is 1.11 bits per heavy atom. The summed E-state index contributed by atoms with van der Waals surface area (Å²) >= 11 is 1.63. The molecule has 0 aliphatic rings. The Labute approximate surface area is 113 Å². The van der Waals surface area contributed by atoms with Gasteiger partial charge in [0.2, 0.25) is 5.69 Å². The van der Waals surface area contributed by atoms with Crippen molar-refractivity contribution >= 4 is 17.0 Å². The molecule has 1 heterocycles. The normalized spacial score (nSPS) is 11.2. The molecule has 2 heteroatoms. The second-order valence-electron chi connectivity index (χ2n) is 5.68. The minimum Gasteiger partial charge on any atom is -0.237 e. The van der Waals surface area contributed by atoms with Gasteiger partial charge in [0, 0.05) is 4.88 Å². The standard InChI is InChI=1S/C16H17NS/c1-16(2,3)11-12-5-7-13(8-6-12)15-14(17-4)9-10-18-15/h5-10H,11H2,1-3H3. The first-order valence-corrected chi connectivity index (χ1v) is 6.92. The molecule has 2 rings (SSSR count). The third-order valence-electron chi connectivity index (χ3n) is 2.72. The molecule has 0 atom stereocenters. The van der Waals surface area contributed by atoms with Crippen LogP contribution in [-0.2, 0) is 6.42 Å². The van der Waals surface area contributed by atoms with Crippen LogP contribution in [0.3, 0.4) is 0 Å². The van der Waals surface area contributed by atoms with Crippen molar-refractivity contribution in [2.75, 3.05) is 0 Å². The zero-order valence-electron chi connectivity index (χ0n) is 11.0. The molecule has 1 aromatic heterocycles. The lowest BCUT2D eigenvalue weighted by Crippen LogP contribution is -2.08. The third-order valence-corrected chi connectivity index (χ3v) is 3.67. The van der Waals surface area contributed by atoms with Crippen LogP contribution in [0.1, 0.15) is 26.3 Å². The van der Waals surface area contributed by atoms with E-state index in [-0.39, 0.29) is 0 Å². The first kappa shape index (κ1) is 12.9. The maximum absolute atomic E-state index is 7.14. The summed E-state index contributed by atoms with van der Waals surface area (Å²) in [7, 11) is 0. The van der Waals surface area contributed by atoms with Crippen LogP contribution in [0, 0.1) is 12.0 Å². The topological polar surface area (TPSA) is 4.36 Å². The second-order valence-corrected chi connectivity index (χ2v) is 6.60. The molecule has 92 valence electrons. The Morgan fingerprint density at radius 3 is 2.33 bits per heavy atom. The van der Waals surface area contributed by atoms with Crippen LogP contribution in [0.2, 0.25) is 0 Å². The van der Waals surface area contributed by atoms with E-state index in [0.717, 1.165) is 22.5 Å². The molecule has 2 aromatic rings. The van der Waals surface area contributed by atoms with E-state index >= 15 is 0 Å². The van der Waals surface area contributed by atoms with Gasteiger partial charge in [-0.15, -0.1) is 0 Å². The molecule has 0 aliphatic heterocycles. The molecular formula is C16H17NS. The van der Waals surface area contributed by atoms with Crippen molar-refractivity contribution in [1.82, 2.24) is 0 Å². The number of nitrogens with zero attached hydrogens (tertiary/aromatic N) is 1. The van der Waals surface area contributed by atoms with Crippen molar-refractivity contribution in [1.29, 1.82) is 0 Å². The Bertz CT molecular complexity index is 564. The van der Waals surface area contributed by atoms with E-state index in [2.05, 4.69) is 49.9 Å². The summed E-state index contributed by atoms with van der Waals surface area (Å²) in [5.74, 6) is 0. The molecule has 0 radical (unpaired) electrons. The molecule has 0 saturated heterocycles. The van der Waals surface area contributed by atoms with E-state index in [9.17, 15) is 0 Å². The summed E-state index contributed by atoms with van der Waals surface area (Å²) < 4.78 is 0. The molecule has 0 bridgehead atoms. The van der Waals surface area contributed by atoms with Crippen molar-refractivity contribution in [2.45, 2.75) is 27.2 Å². The highest BCUT2D eigenvalue weighted by Gasteiger charge is 2.12. The lowest BCUT2D eigenvalue weighted by Gasteiger charge is -2.18. The SMILES string of the molecule is [C-]#[N+]c1ccsc1-c1ccc(CC(C)(C)C)cc1. The molecular weight excluding hydrogens is 238 g/mol. The van der Waals surface area contributed by atoms with E-state index in [4.69, 9.17) is 6.57 Å². The predicted octanol–water partition coefficient (Wildman–Crippen LogP) is 5.55. The van der Waals surface area contributed by atoms with Crippen LogP contribution in [0.4, 0.5) is 5.69 Å². The highest BCUT2D eigenvalue weighted by Crippen LogP contribution is 2.36. The van der Waals surface area contributed by atoms with Gasteiger partial charge < -0.3 is 0 Å². The van der Waals surface area contributed by atoms with Gasteiger partial charge in [-0.3, -0.25) is 0 Å². The first-order valence-electron chi connectivity index (χ1n) is 6.04. The molecule has 0 spiro atoms. The number of hydrogen-bond donors (Lipinski definition) is 0. The monoisotopic (exact) mass is 255 g/mol. The summed E-state index contributed by atoms with van der Waals surface area (Å²) in [5.41, 5.74) is 3.57. The average Bonchev–Trinajstić information content (AvgIpc) is 2.76. The van der Waals surface area contributed by atoms with Gasteiger partial charge in [-0.25, -0.2) is 4.85 Å². The molecule has 1 aromatic carbocycles. The number of benzene rings is 1. The summed E-state index contributed by atoms with van der Waals surface area (Å²) in [4.78, 5) is 4.63. The highest BCUT2D eigenvalue weighted by atomic mass is 32.1. The lowest BCUT2D eigenvalue weighted by molar-refractivity contribution is 0.411. The fourth-order valence-corrected chi connectivity index (χ4v) is 2.83.